The van der Waals surface area contributed by atoms with E-state index in [1.807, 2.05) is 33.0 Å². The summed E-state index contributed by atoms with van der Waals surface area (Å²) in [6.07, 6.45) is 0.872. The number of nitrogens with zero attached hydrogens (tertiary/aromatic N) is 2. The van der Waals surface area contributed by atoms with Crippen molar-refractivity contribution in [2.24, 2.45) is 18.7 Å². The number of benzene rings is 1. The van der Waals surface area contributed by atoms with Crippen LogP contribution < -0.4 is 5.73 Å². The molecular weight excluding hydrogens is 226 g/mol. The van der Waals surface area contributed by atoms with E-state index in [0.29, 0.717) is 0 Å². The Bertz CT molecular complexity index is 543. The van der Waals surface area contributed by atoms with Crippen LogP contribution in [0.4, 0.5) is 0 Å². The average Bonchev–Trinajstić information content (AvgIpc) is 2.66. The second-order valence-corrected chi connectivity index (χ2v) is 4.84. The minimum absolute atomic E-state index is 0.104. The first kappa shape index (κ1) is 13.1. The van der Waals surface area contributed by atoms with Crippen molar-refractivity contribution in [3.8, 4) is 0 Å². The number of aryl methyl sites for hydroxylation is 2. The lowest BCUT2D eigenvalue weighted by molar-refractivity contribution is 0.201. The predicted molar refractivity (Wildman–Crippen MR) is 73.2 cm³/mol. The summed E-state index contributed by atoms with van der Waals surface area (Å²) in [4.78, 5) is 4.51. The first-order valence-corrected chi connectivity index (χ1v) is 6.37. The van der Waals surface area contributed by atoms with Gasteiger partial charge in [-0.05, 0) is 31.0 Å². The summed E-state index contributed by atoms with van der Waals surface area (Å²) in [5.74, 6) is 1.09. The first-order chi connectivity index (χ1) is 8.58. The van der Waals surface area contributed by atoms with Crippen molar-refractivity contribution in [1.82, 2.24) is 9.55 Å². The fourth-order valence-corrected chi connectivity index (χ4v) is 2.31. The summed E-state index contributed by atoms with van der Waals surface area (Å²) < 4.78 is 2.06. The van der Waals surface area contributed by atoms with Crippen LogP contribution in [0.1, 0.15) is 30.8 Å². The fourth-order valence-electron chi connectivity index (χ4n) is 2.31. The Morgan fingerprint density at radius 1 is 1.44 bits per heavy atom. The van der Waals surface area contributed by atoms with E-state index in [-0.39, 0.29) is 18.6 Å². The maximum atomic E-state index is 9.32. The van der Waals surface area contributed by atoms with Gasteiger partial charge < -0.3 is 15.4 Å². The number of nitrogens with two attached hydrogens (primary N) is 1. The van der Waals surface area contributed by atoms with Gasteiger partial charge in [0.2, 0.25) is 0 Å². The van der Waals surface area contributed by atoms with Gasteiger partial charge in [0.05, 0.1) is 11.0 Å². The van der Waals surface area contributed by atoms with Gasteiger partial charge in [-0.3, -0.25) is 0 Å². The van der Waals surface area contributed by atoms with Gasteiger partial charge in [0.1, 0.15) is 5.82 Å². The van der Waals surface area contributed by atoms with E-state index in [0.717, 1.165) is 28.8 Å². The molecule has 1 heterocycles. The number of aliphatic hydroxyl groups is 1. The lowest BCUT2D eigenvalue weighted by atomic mass is 9.92. The minimum atomic E-state index is -0.133. The Kier molecular flexibility index (Phi) is 3.68. The number of rotatable bonds is 4. The van der Waals surface area contributed by atoms with Gasteiger partial charge in [-0.15, -0.1) is 0 Å². The molecule has 0 saturated heterocycles. The van der Waals surface area contributed by atoms with Crippen molar-refractivity contribution in [2.75, 3.05) is 6.61 Å². The molecule has 0 spiro atoms. The zero-order chi connectivity index (χ0) is 13.3. The number of fused-ring (bicyclic) bond motifs is 1. The third-order valence-corrected chi connectivity index (χ3v) is 3.78. The van der Waals surface area contributed by atoms with Gasteiger partial charge in [0.15, 0.2) is 0 Å². The number of aromatic nitrogens is 2. The molecule has 0 bridgehead atoms. The Hall–Kier alpha value is -1.39. The standard InChI is InChI=1S/C14H21N3O/c1-4-10(8-18)14(15)11-5-6-13-12(7-11)16-9(2)17(13)3/h5-7,10,14,18H,4,8,15H2,1-3H3. The van der Waals surface area contributed by atoms with Crippen LogP contribution in [0.15, 0.2) is 18.2 Å². The molecule has 2 unspecified atom stereocenters. The van der Waals surface area contributed by atoms with Gasteiger partial charge in [-0.1, -0.05) is 13.0 Å². The predicted octanol–water partition coefficient (Wildman–Crippen LogP) is 1.90. The molecule has 4 heteroatoms. The lowest BCUT2D eigenvalue weighted by Crippen LogP contribution is -2.23. The largest absolute Gasteiger partial charge is 0.396 e. The van der Waals surface area contributed by atoms with Gasteiger partial charge >= 0.3 is 0 Å². The molecule has 1 aromatic carbocycles. The monoisotopic (exact) mass is 247 g/mol. The summed E-state index contributed by atoms with van der Waals surface area (Å²) in [5, 5.41) is 9.32. The van der Waals surface area contributed by atoms with Crippen molar-refractivity contribution in [2.45, 2.75) is 26.3 Å². The maximum Gasteiger partial charge on any atom is 0.106 e. The Labute approximate surface area is 107 Å². The average molecular weight is 247 g/mol. The topological polar surface area (TPSA) is 64.1 Å². The van der Waals surface area contributed by atoms with Crippen LogP contribution in [-0.2, 0) is 7.05 Å². The van der Waals surface area contributed by atoms with Crippen LogP contribution in [0.2, 0.25) is 0 Å². The zero-order valence-corrected chi connectivity index (χ0v) is 11.2. The van der Waals surface area contributed by atoms with Gasteiger partial charge in [0.25, 0.3) is 0 Å². The molecule has 2 rings (SSSR count). The summed E-state index contributed by atoms with van der Waals surface area (Å²) in [7, 11) is 2.01. The second-order valence-electron chi connectivity index (χ2n) is 4.84. The highest BCUT2D eigenvalue weighted by Crippen LogP contribution is 2.25. The molecule has 0 aliphatic carbocycles. The van der Waals surface area contributed by atoms with Gasteiger partial charge in [0, 0.05) is 25.6 Å². The summed E-state index contributed by atoms with van der Waals surface area (Å²) in [6.45, 7) is 4.16. The highest BCUT2D eigenvalue weighted by molar-refractivity contribution is 5.76. The lowest BCUT2D eigenvalue weighted by Gasteiger charge is -2.20. The van der Waals surface area contributed by atoms with Crippen LogP contribution in [0.3, 0.4) is 0 Å². The first-order valence-electron chi connectivity index (χ1n) is 6.37. The van der Waals surface area contributed by atoms with Crippen LogP contribution >= 0.6 is 0 Å². The van der Waals surface area contributed by atoms with Crippen molar-refractivity contribution >= 4 is 11.0 Å². The zero-order valence-electron chi connectivity index (χ0n) is 11.2. The normalized spacial score (nSPS) is 14.9. The number of aliphatic hydroxyl groups excluding tert-OH is 1. The molecule has 1 aromatic heterocycles. The SMILES string of the molecule is CCC(CO)C(N)c1ccc2c(c1)nc(C)n2C. The summed E-state index contributed by atoms with van der Waals surface area (Å²) >= 11 is 0. The number of imidazole rings is 1. The van der Waals surface area contributed by atoms with Crippen molar-refractivity contribution in [3.05, 3.63) is 29.6 Å². The van der Waals surface area contributed by atoms with E-state index in [4.69, 9.17) is 5.73 Å². The molecule has 0 aliphatic heterocycles. The van der Waals surface area contributed by atoms with E-state index in [1.54, 1.807) is 0 Å². The third-order valence-electron chi connectivity index (χ3n) is 3.78. The van der Waals surface area contributed by atoms with Crippen molar-refractivity contribution < 1.29 is 5.11 Å². The second kappa shape index (κ2) is 5.08. The third kappa shape index (κ3) is 2.13. The molecule has 4 nitrogen and oxygen atoms in total. The van der Waals surface area contributed by atoms with Crippen LogP contribution in [0.5, 0.6) is 0 Å². The van der Waals surface area contributed by atoms with E-state index in [1.165, 1.54) is 0 Å². The van der Waals surface area contributed by atoms with E-state index in [2.05, 4.69) is 15.6 Å². The molecule has 0 radical (unpaired) electrons. The summed E-state index contributed by atoms with van der Waals surface area (Å²) in [6, 6.07) is 5.98. The van der Waals surface area contributed by atoms with Crippen molar-refractivity contribution in [3.63, 3.8) is 0 Å². The maximum absolute atomic E-state index is 9.32. The Morgan fingerprint density at radius 2 is 2.17 bits per heavy atom. The molecule has 0 amide bonds. The Balaban J connectivity index is 2.41. The molecule has 3 N–H and O–H groups in total. The highest BCUT2D eigenvalue weighted by Gasteiger charge is 2.18. The van der Waals surface area contributed by atoms with Crippen LogP contribution in [0, 0.1) is 12.8 Å². The highest BCUT2D eigenvalue weighted by atomic mass is 16.3. The van der Waals surface area contributed by atoms with Crippen LogP contribution in [-0.4, -0.2) is 21.3 Å². The Morgan fingerprint density at radius 3 is 2.78 bits per heavy atom. The van der Waals surface area contributed by atoms with E-state index >= 15 is 0 Å². The molecule has 98 valence electrons. The summed E-state index contributed by atoms with van der Waals surface area (Å²) in [5.41, 5.74) is 9.32. The number of hydrogen-bond acceptors (Lipinski definition) is 3. The molecule has 0 aliphatic rings. The molecule has 2 aromatic rings. The minimum Gasteiger partial charge on any atom is -0.396 e. The molecule has 0 fully saturated rings. The number of hydrogen-bond donors (Lipinski definition) is 2. The quantitative estimate of drug-likeness (QED) is 0.867. The molecular formula is C14H21N3O. The van der Waals surface area contributed by atoms with Gasteiger partial charge in [-0.2, -0.15) is 0 Å². The van der Waals surface area contributed by atoms with E-state index < -0.39 is 0 Å². The van der Waals surface area contributed by atoms with Crippen molar-refractivity contribution in [1.29, 1.82) is 0 Å². The molecule has 2 atom stereocenters. The molecule has 0 saturated carbocycles. The molecule has 18 heavy (non-hydrogen) atoms. The van der Waals surface area contributed by atoms with E-state index in [9.17, 15) is 5.11 Å². The smallest absolute Gasteiger partial charge is 0.106 e. The fraction of sp³-hybridized carbons (Fsp3) is 0.500. The van der Waals surface area contributed by atoms with Gasteiger partial charge in [-0.25, -0.2) is 4.98 Å². The van der Waals surface area contributed by atoms with Crippen LogP contribution in [0.25, 0.3) is 11.0 Å².